The van der Waals surface area contributed by atoms with Crippen LogP contribution in [0.1, 0.15) is 22.8 Å². The Bertz CT molecular complexity index is 508. The fraction of sp³-hybridized carbons (Fsp3) is 0.200. The number of halogens is 1. The third-order valence-corrected chi connectivity index (χ3v) is 2.78. The van der Waals surface area contributed by atoms with E-state index in [1.165, 1.54) is 6.07 Å². The molecule has 0 aliphatic heterocycles. The predicted molar refractivity (Wildman–Crippen MR) is 66.2 cm³/mol. The molecule has 2 aromatic rings. The van der Waals surface area contributed by atoms with Crippen molar-refractivity contribution in [1.82, 2.24) is 0 Å². The molecule has 88 valence electrons. The van der Waals surface area contributed by atoms with Gasteiger partial charge in [-0.05, 0) is 18.6 Å². The zero-order valence-electron chi connectivity index (χ0n) is 9.73. The Morgan fingerprint density at radius 3 is 2.59 bits per heavy atom. The number of benzene rings is 2. The lowest BCUT2D eigenvalue weighted by atomic mass is 10.00. The van der Waals surface area contributed by atoms with E-state index in [2.05, 4.69) is 0 Å². The molecule has 0 aliphatic carbocycles. The highest BCUT2D eigenvalue weighted by atomic mass is 19.1. The molecule has 2 rings (SSSR count). The molecule has 2 heteroatoms. The van der Waals surface area contributed by atoms with E-state index >= 15 is 0 Å². The smallest absolute Gasteiger partial charge is 0.129 e. The van der Waals surface area contributed by atoms with Crippen LogP contribution in [0.5, 0.6) is 0 Å². The highest BCUT2D eigenvalue weighted by Gasteiger charge is 2.12. The minimum absolute atomic E-state index is 0.354. The van der Waals surface area contributed by atoms with Gasteiger partial charge < -0.3 is 5.11 Å². The zero-order valence-corrected chi connectivity index (χ0v) is 9.73. The molecule has 0 amide bonds. The first-order chi connectivity index (χ1) is 8.16. The maximum absolute atomic E-state index is 13.5. The van der Waals surface area contributed by atoms with E-state index in [1.54, 1.807) is 18.2 Å². The molecule has 0 heterocycles. The summed E-state index contributed by atoms with van der Waals surface area (Å²) in [6.45, 7) is 2.00. The Labute approximate surface area is 101 Å². The van der Waals surface area contributed by atoms with Gasteiger partial charge in [-0.15, -0.1) is 0 Å². The van der Waals surface area contributed by atoms with E-state index < -0.39 is 6.10 Å². The van der Waals surface area contributed by atoms with Crippen LogP contribution in [0.25, 0.3) is 0 Å². The van der Waals surface area contributed by atoms with Gasteiger partial charge >= 0.3 is 0 Å². The molecule has 0 bridgehead atoms. The van der Waals surface area contributed by atoms with Crippen LogP contribution in [0.3, 0.4) is 0 Å². The summed E-state index contributed by atoms with van der Waals surface area (Å²) in [5.41, 5.74) is 2.51. The number of rotatable bonds is 3. The Balaban J connectivity index is 2.17. The third-order valence-electron chi connectivity index (χ3n) is 2.78. The van der Waals surface area contributed by atoms with E-state index in [9.17, 15) is 9.50 Å². The summed E-state index contributed by atoms with van der Waals surface area (Å²) in [6.07, 6.45) is -0.360. The molecule has 2 aromatic carbocycles. The number of aliphatic hydroxyl groups is 1. The number of hydrogen-bond acceptors (Lipinski definition) is 1. The molecule has 0 radical (unpaired) electrons. The van der Waals surface area contributed by atoms with Gasteiger partial charge in [-0.2, -0.15) is 0 Å². The van der Waals surface area contributed by atoms with Crippen molar-refractivity contribution in [2.45, 2.75) is 19.4 Å². The van der Waals surface area contributed by atoms with Gasteiger partial charge in [-0.25, -0.2) is 4.39 Å². The average Bonchev–Trinajstić information content (AvgIpc) is 2.29. The first-order valence-corrected chi connectivity index (χ1v) is 5.65. The van der Waals surface area contributed by atoms with Crippen molar-refractivity contribution in [3.05, 3.63) is 71.0 Å². The van der Waals surface area contributed by atoms with Gasteiger partial charge in [0.15, 0.2) is 0 Å². The first-order valence-electron chi connectivity index (χ1n) is 5.65. The summed E-state index contributed by atoms with van der Waals surface area (Å²) in [4.78, 5) is 0. The minimum atomic E-state index is -0.794. The molecule has 1 nitrogen and oxygen atoms in total. The van der Waals surface area contributed by atoms with Crippen molar-refractivity contribution in [3.63, 3.8) is 0 Å². The average molecular weight is 230 g/mol. The molecule has 17 heavy (non-hydrogen) atoms. The summed E-state index contributed by atoms with van der Waals surface area (Å²) in [5.74, 6) is -0.354. The summed E-state index contributed by atoms with van der Waals surface area (Å²) >= 11 is 0. The van der Waals surface area contributed by atoms with Crippen LogP contribution in [0, 0.1) is 12.7 Å². The van der Waals surface area contributed by atoms with Crippen LogP contribution >= 0.6 is 0 Å². The van der Waals surface area contributed by atoms with E-state index in [0.29, 0.717) is 12.0 Å². The van der Waals surface area contributed by atoms with Crippen LogP contribution in [-0.2, 0) is 6.42 Å². The summed E-state index contributed by atoms with van der Waals surface area (Å²) in [6, 6.07) is 14.2. The predicted octanol–water partition coefficient (Wildman–Crippen LogP) is 3.41. The molecular weight excluding hydrogens is 215 g/mol. The Morgan fingerprint density at radius 1 is 1.12 bits per heavy atom. The van der Waals surface area contributed by atoms with Crippen molar-refractivity contribution in [1.29, 1.82) is 0 Å². The fourth-order valence-corrected chi connectivity index (χ4v) is 1.92. The second-order valence-electron chi connectivity index (χ2n) is 4.23. The molecule has 1 atom stereocenters. The van der Waals surface area contributed by atoms with Gasteiger partial charge in [0.05, 0.1) is 6.10 Å². The Kier molecular flexibility index (Phi) is 3.55. The Morgan fingerprint density at radius 2 is 1.88 bits per heavy atom. The maximum Gasteiger partial charge on any atom is 0.129 e. The second kappa shape index (κ2) is 5.11. The van der Waals surface area contributed by atoms with Gasteiger partial charge in [-0.1, -0.05) is 48.0 Å². The molecule has 0 saturated carbocycles. The highest BCUT2D eigenvalue weighted by molar-refractivity contribution is 5.26. The van der Waals surface area contributed by atoms with Crippen molar-refractivity contribution >= 4 is 0 Å². The van der Waals surface area contributed by atoms with Crippen LogP contribution in [0.15, 0.2) is 48.5 Å². The number of hydrogen-bond donors (Lipinski definition) is 1. The third kappa shape index (κ3) is 2.92. The highest BCUT2D eigenvalue weighted by Crippen LogP contribution is 2.21. The van der Waals surface area contributed by atoms with Crippen LogP contribution in [0.4, 0.5) is 4.39 Å². The zero-order chi connectivity index (χ0) is 12.3. The Hall–Kier alpha value is -1.67. The lowest BCUT2D eigenvalue weighted by Gasteiger charge is -2.12. The van der Waals surface area contributed by atoms with E-state index in [1.807, 2.05) is 31.2 Å². The molecular formula is C15H15FO. The van der Waals surface area contributed by atoms with Crippen molar-refractivity contribution in [3.8, 4) is 0 Å². The minimum Gasteiger partial charge on any atom is -0.388 e. The van der Waals surface area contributed by atoms with Crippen molar-refractivity contribution in [2.24, 2.45) is 0 Å². The maximum atomic E-state index is 13.5. The molecule has 0 saturated heterocycles. The first kappa shape index (κ1) is 11.8. The SMILES string of the molecule is Cc1cccc(CC(O)c2ccccc2F)c1. The molecule has 1 N–H and O–H groups in total. The lowest BCUT2D eigenvalue weighted by Crippen LogP contribution is -2.04. The standard InChI is InChI=1S/C15H15FO/c1-11-5-4-6-12(9-11)10-15(17)13-7-2-3-8-14(13)16/h2-9,15,17H,10H2,1H3. The molecule has 0 spiro atoms. The van der Waals surface area contributed by atoms with Crippen molar-refractivity contribution < 1.29 is 9.50 Å². The van der Waals surface area contributed by atoms with Gasteiger partial charge in [0.1, 0.15) is 5.82 Å². The summed E-state index contributed by atoms with van der Waals surface area (Å²) < 4.78 is 13.5. The number of aliphatic hydroxyl groups excluding tert-OH is 1. The molecule has 0 aromatic heterocycles. The van der Waals surface area contributed by atoms with E-state index in [0.717, 1.165) is 11.1 Å². The topological polar surface area (TPSA) is 20.2 Å². The van der Waals surface area contributed by atoms with Crippen LogP contribution in [0.2, 0.25) is 0 Å². The lowest BCUT2D eigenvalue weighted by molar-refractivity contribution is 0.173. The van der Waals surface area contributed by atoms with Crippen LogP contribution < -0.4 is 0 Å². The fourth-order valence-electron chi connectivity index (χ4n) is 1.92. The van der Waals surface area contributed by atoms with E-state index in [4.69, 9.17) is 0 Å². The monoisotopic (exact) mass is 230 g/mol. The van der Waals surface area contributed by atoms with Crippen LogP contribution in [-0.4, -0.2) is 5.11 Å². The van der Waals surface area contributed by atoms with Gasteiger partial charge in [0.25, 0.3) is 0 Å². The number of aryl methyl sites for hydroxylation is 1. The van der Waals surface area contributed by atoms with Gasteiger partial charge in [0, 0.05) is 12.0 Å². The largest absolute Gasteiger partial charge is 0.388 e. The summed E-state index contributed by atoms with van der Waals surface area (Å²) in [7, 11) is 0. The van der Waals surface area contributed by atoms with Crippen molar-refractivity contribution in [2.75, 3.05) is 0 Å². The quantitative estimate of drug-likeness (QED) is 0.856. The molecule has 0 aliphatic rings. The van der Waals surface area contributed by atoms with E-state index in [-0.39, 0.29) is 5.82 Å². The molecule has 0 fully saturated rings. The normalized spacial score (nSPS) is 12.4. The van der Waals surface area contributed by atoms with Gasteiger partial charge in [0.2, 0.25) is 0 Å². The summed E-state index contributed by atoms with van der Waals surface area (Å²) in [5, 5.41) is 10.0. The molecule has 1 unspecified atom stereocenters. The second-order valence-corrected chi connectivity index (χ2v) is 4.23. The van der Waals surface area contributed by atoms with Gasteiger partial charge in [-0.3, -0.25) is 0 Å².